The first-order valence-corrected chi connectivity index (χ1v) is 10.2. The van der Waals surface area contributed by atoms with Gasteiger partial charge in [0.25, 0.3) is 0 Å². The molecule has 2 unspecified atom stereocenters. The minimum Gasteiger partial charge on any atom is -0.486 e. The largest absolute Gasteiger partial charge is 0.486 e. The van der Waals surface area contributed by atoms with Gasteiger partial charge in [0.2, 0.25) is 0 Å². The highest BCUT2D eigenvalue weighted by atomic mass is 19.1. The Morgan fingerprint density at radius 3 is 2.50 bits per heavy atom. The number of urea groups is 1. The fourth-order valence-corrected chi connectivity index (χ4v) is 3.81. The maximum atomic E-state index is 13.1. The SMILES string of the molecule is O=C(Nc1ccc(F)cc1)NC(CN1CCCC1)C(O)c1ccc2c(c1)OCCO2. The predicted octanol–water partition coefficient (Wildman–Crippen LogP) is 2.92. The van der Waals surface area contributed by atoms with Crippen molar-refractivity contribution in [2.24, 2.45) is 0 Å². The number of rotatable bonds is 6. The number of amides is 2. The van der Waals surface area contributed by atoms with Crippen molar-refractivity contribution in [1.82, 2.24) is 10.2 Å². The number of aliphatic hydroxyl groups is 1. The van der Waals surface area contributed by atoms with E-state index in [0.29, 0.717) is 42.5 Å². The van der Waals surface area contributed by atoms with E-state index in [1.54, 1.807) is 18.2 Å². The van der Waals surface area contributed by atoms with Gasteiger partial charge in [-0.25, -0.2) is 9.18 Å². The molecule has 2 amide bonds. The van der Waals surface area contributed by atoms with Crippen LogP contribution in [0.3, 0.4) is 0 Å². The van der Waals surface area contributed by atoms with Crippen LogP contribution in [0.4, 0.5) is 14.9 Å². The Kier molecular flexibility index (Phi) is 6.35. The molecule has 4 rings (SSSR count). The molecule has 2 aliphatic rings. The summed E-state index contributed by atoms with van der Waals surface area (Å²) in [6.45, 7) is 3.35. The van der Waals surface area contributed by atoms with Gasteiger partial charge in [-0.2, -0.15) is 0 Å². The van der Waals surface area contributed by atoms with Gasteiger partial charge in [0.15, 0.2) is 11.5 Å². The number of halogens is 1. The zero-order valence-electron chi connectivity index (χ0n) is 16.6. The lowest BCUT2D eigenvalue weighted by molar-refractivity contribution is 0.110. The number of carbonyl (C=O) groups excluding carboxylic acids is 1. The van der Waals surface area contributed by atoms with Crippen LogP contribution in [0.1, 0.15) is 24.5 Å². The van der Waals surface area contributed by atoms with Crippen molar-refractivity contribution in [2.45, 2.75) is 25.0 Å². The second kappa shape index (κ2) is 9.32. The smallest absolute Gasteiger partial charge is 0.319 e. The number of fused-ring (bicyclic) bond motifs is 1. The summed E-state index contributed by atoms with van der Waals surface area (Å²) in [5, 5.41) is 16.6. The Bertz CT molecular complexity index is 871. The average molecular weight is 415 g/mol. The number of carbonyl (C=O) groups is 1. The third-order valence-corrected chi connectivity index (χ3v) is 5.36. The Morgan fingerprint density at radius 2 is 1.77 bits per heavy atom. The Hall–Kier alpha value is -2.84. The van der Waals surface area contributed by atoms with Crippen LogP contribution in [0.15, 0.2) is 42.5 Å². The van der Waals surface area contributed by atoms with Gasteiger partial charge in [0.1, 0.15) is 25.1 Å². The predicted molar refractivity (Wildman–Crippen MR) is 110 cm³/mol. The van der Waals surface area contributed by atoms with E-state index >= 15 is 0 Å². The highest BCUT2D eigenvalue weighted by Crippen LogP contribution is 2.33. The maximum Gasteiger partial charge on any atom is 0.319 e. The first-order chi connectivity index (χ1) is 14.6. The lowest BCUT2D eigenvalue weighted by Gasteiger charge is -2.29. The summed E-state index contributed by atoms with van der Waals surface area (Å²) in [5.74, 6) is 0.866. The van der Waals surface area contributed by atoms with Gasteiger partial charge in [0.05, 0.1) is 6.04 Å². The number of nitrogens with one attached hydrogen (secondary N) is 2. The van der Waals surface area contributed by atoms with Crippen molar-refractivity contribution >= 4 is 11.7 Å². The molecule has 8 heteroatoms. The Balaban J connectivity index is 1.48. The van der Waals surface area contributed by atoms with Crippen LogP contribution in [0, 0.1) is 5.82 Å². The molecule has 0 radical (unpaired) electrons. The summed E-state index contributed by atoms with van der Waals surface area (Å²) in [7, 11) is 0. The van der Waals surface area contributed by atoms with Crippen molar-refractivity contribution in [3.05, 3.63) is 53.8 Å². The zero-order chi connectivity index (χ0) is 20.9. The molecule has 7 nitrogen and oxygen atoms in total. The quantitative estimate of drug-likeness (QED) is 0.676. The zero-order valence-corrected chi connectivity index (χ0v) is 16.6. The molecule has 2 aliphatic heterocycles. The van der Waals surface area contributed by atoms with Crippen LogP contribution in [0.2, 0.25) is 0 Å². The molecule has 3 N–H and O–H groups in total. The monoisotopic (exact) mass is 415 g/mol. The number of benzene rings is 2. The molecule has 0 bridgehead atoms. The molecule has 2 aromatic carbocycles. The molecule has 0 aliphatic carbocycles. The van der Waals surface area contributed by atoms with Crippen LogP contribution < -0.4 is 20.1 Å². The number of anilines is 1. The summed E-state index contributed by atoms with van der Waals surface area (Å²) in [4.78, 5) is 14.8. The Labute approximate surface area is 174 Å². The highest BCUT2D eigenvalue weighted by molar-refractivity contribution is 5.89. The number of aliphatic hydroxyl groups excluding tert-OH is 1. The van der Waals surface area contributed by atoms with E-state index in [1.165, 1.54) is 24.3 Å². The number of hydrogen-bond donors (Lipinski definition) is 3. The summed E-state index contributed by atoms with van der Waals surface area (Å²) < 4.78 is 24.3. The maximum absolute atomic E-state index is 13.1. The fourth-order valence-electron chi connectivity index (χ4n) is 3.81. The minimum absolute atomic E-state index is 0.373. The lowest BCUT2D eigenvalue weighted by Crippen LogP contribution is -2.48. The molecule has 0 spiro atoms. The molecule has 160 valence electrons. The fraction of sp³-hybridized carbons (Fsp3) is 0.409. The van der Waals surface area contributed by atoms with Gasteiger partial charge in [-0.15, -0.1) is 0 Å². The molecular formula is C22H26FN3O4. The average Bonchev–Trinajstić information content (AvgIpc) is 3.27. The summed E-state index contributed by atoms with van der Waals surface area (Å²) in [6, 6.07) is 9.86. The second-order valence-corrected chi connectivity index (χ2v) is 7.57. The van der Waals surface area contributed by atoms with E-state index in [0.717, 1.165) is 25.9 Å². The van der Waals surface area contributed by atoms with Gasteiger partial charge in [-0.1, -0.05) is 6.07 Å². The second-order valence-electron chi connectivity index (χ2n) is 7.57. The van der Waals surface area contributed by atoms with Gasteiger partial charge < -0.3 is 30.1 Å². The van der Waals surface area contributed by atoms with Crippen LogP contribution in [0.25, 0.3) is 0 Å². The van der Waals surface area contributed by atoms with Crippen molar-refractivity contribution < 1.29 is 23.8 Å². The summed E-state index contributed by atoms with van der Waals surface area (Å²) in [5.41, 5.74) is 1.12. The van der Waals surface area contributed by atoms with Crippen molar-refractivity contribution in [3.8, 4) is 11.5 Å². The third kappa shape index (κ3) is 5.01. The molecular weight excluding hydrogens is 389 g/mol. The first-order valence-electron chi connectivity index (χ1n) is 10.2. The van der Waals surface area contributed by atoms with Gasteiger partial charge in [0, 0.05) is 12.2 Å². The van der Waals surface area contributed by atoms with Crippen LogP contribution in [0.5, 0.6) is 11.5 Å². The highest BCUT2D eigenvalue weighted by Gasteiger charge is 2.28. The van der Waals surface area contributed by atoms with E-state index in [9.17, 15) is 14.3 Å². The van der Waals surface area contributed by atoms with E-state index in [1.807, 2.05) is 0 Å². The van der Waals surface area contributed by atoms with Crippen LogP contribution in [-0.2, 0) is 0 Å². The Morgan fingerprint density at radius 1 is 1.07 bits per heavy atom. The van der Waals surface area contributed by atoms with E-state index < -0.39 is 18.2 Å². The molecule has 1 saturated heterocycles. The molecule has 2 aromatic rings. The number of nitrogens with zero attached hydrogens (tertiary/aromatic N) is 1. The van der Waals surface area contributed by atoms with E-state index in [4.69, 9.17) is 9.47 Å². The van der Waals surface area contributed by atoms with Crippen LogP contribution in [-0.4, -0.2) is 54.9 Å². The van der Waals surface area contributed by atoms with Crippen molar-refractivity contribution in [3.63, 3.8) is 0 Å². The summed E-state index contributed by atoms with van der Waals surface area (Å²) in [6.07, 6.45) is 1.28. The normalized spacial score (nSPS) is 17.9. The number of hydrogen-bond acceptors (Lipinski definition) is 5. The van der Waals surface area contributed by atoms with Crippen LogP contribution >= 0.6 is 0 Å². The minimum atomic E-state index is -0.930. The molecule has 0 aromatic heterocycles. The first kappa shape index (κ1) is 20.4. The van der Waals surface area contributed by atoms with Gasteiger partial charge >= 0.3 is 6.03 Å². The topological polar surface area (TPSA) is 83.1 Å². The standard InChI is InChI=1S/C22H26FN3O4/c23-16-4-6-17(7-5-16)24-22(28)25-18(14-26-9-1-2-10-26)21(27)15-3-8-19-20(13-15)30-12-11-29-19/h3-8,13,18,21,27H,1-2,9-12,14H2,(H2,24,25,28). The molecule has 1 fully saturated rings. The summed E-state index contributed by atoms with van der Waals surface area (Å²) >= 11 is 0. The number of likely N-dealkylation sites (tertiary alicyclic amines) is 1. The van der Waals surface area contributed by atoms with Crippen molar-refractivity contribution in [2.75, 3.05) is 38.2 Å². The molecule has 30 heavy (non-hydrogen) atoms. The lowest BCUT2D eigenvalue weighted by atomic mass is 10.0. The van der Waals surface area contributed by atoms with E-state index in [2.05, 4.69) is 15.5 Å². The van der Waals surface area contributed by atoms with Crippen molar-refractivity contribution in [1.29, 1.82) is 0 Å². The molecule has 2 heterocycles. The third-order valence-electron chi connectivity index (χ3n) is 5.36. The van der Waals surface area contributed by atoms with E-state index in [-0.39, 0.29) is 5.82 Å². The van der Waals surface area contributed by atoms with Gasteiger partial charge in [-0.05, 0) is 67.9 Å². The van der Waals surface area contributed by atoms with Gasteiger partial charge in [-0.3, -0.25) is 0 Å². The molecule has 2 atom stereocenters. The number of ether oxygens (including phenoxy) is 2. The molecule has 0 saturated carbocycles.